The topological polar surface area (TPSA) is 73.9 Å². The Labute approximate surface area is 123 Å². The number of rotatable bonds is 6. The normalized spacial score (nSPS) is 13.1. The Morgan fingerprint density at radius 3 is 2.85 bits per heavy atom. The number of nitrogens with zero attached hydrogens (tertiary/aromatic N) is 1. The fraction of sp³-hybridized carbons (Fsp3) is 0.429. The third-order valence-corrected chi connectivity index (χ3v) is 3.37. The van der Waals surface area contributed by atoms with Crippen LogP contribution in [0.5, 0.6) is 0 Å². The number of carbonyl (C=O) groups is 1. The second-order valence-electron chi connectivity index (χ2n) is 4.25. The largest absolute Gasteiger partial charge is 0.465 e. The van der Waals surface area contributed by atoms with Gasteiger partial charge < -0.3 is 15.2 Å². The molecular formula is C14H20N2O3S. The van der Waals surface area contributed by atoms with Crippen molar-refractivity contribution in [3.05, 3.63) is 35.4 Å². The number of carbonyl (C=O) groups excluding carboxylic acids is 1. The van der Waals surface area contributed by atoms with E-state index < -0.39 is 0 Å². The molecule has 0 aromatic heterocycles. The Bertz CT molecular complexity index is 477. The van der Waals surface area contributed by atoms with Crippen molar-refractivity contribution in [1.82, 2.24) is 0 Å². The van der Waals surface area contributed by atoms with Crippen LogP contribution < -0.4 is 5.73 Å². The lowest BCUT2D eigenvalue weighted by atomic mass is 10.1. The zero-order valence-corrected chi connectivity index (χ0v) is 12.8. The summed E-state index contributed by atoms with van der Waals surface area (Å²) in [6.07, 6.45) is 0. The Hall–Kier alpha value is -1.53. The second kappa shape index (κ2) is 8.60. The van der Waals surface area contributed by atoms with E-state index in [-0.39, 0.29) is 12.0 Å². The van der Waals surface area contributed by atoms with E-state index in [4.69, 9.17) is 10.5 Å². The van der Waals surface area contributed by atoms with E-state index in [9.17, 15) is 4.79 Å². The van der Waals surface area contributed by atoms with Crippen LogP contribution >= 0.6 is 11.8 Å². The van der Waals surface area contributed by atoms with Crippen molar-refractivity contribution < 1.29 is 14.3 Å². The molecule has 0 spiro atoms. The molecule has 0 aliphatic rings. The maximum Gasteiger partial charge on any atom is 0.337 e. The molecule has 1 rings (SSSR count). The molecule has 1 aromatic rings. The van der Waals surface area contributed by atoms with E-state index in [2.05, 4.69) is 9.73 Å². The molecule has 0 unspecified atom stereocenters. The third-order valence-electron chi connectivity index (χ3n) is 2.49. The molecule has 0 saturated heterocycles. The first kappa shape index (κ1) is 16.5. The van der Waals surface area contributed by atoms with Crippen LogP contribution in [0.3, 0.4) is 0 Å². The van der Waals surface area contributed by atoms with Crippen LogP contribution in [0.4, 0.5) is 0 Å². The van der Waals surface area contributed by atoms with Crippen molar-refractivity contribution in [1.29, 1.82) is 0 Å². The zero-order valence-electron chi connectivity index (χ0n) is 12.0. The molecule has 0 fully saturated rings. The highest BCUT2D eigenvalue weighted by molar-refractivity contribution is 8.13. The van der Waals surface area contributed by atoms with Gasteiger partial charge in [0.05, 0.1) is 25.3 Å². The lowest BCUT2D eigenvalue weighted by Gasteiger charge is -2.07. The van der Waals surface area contributed by atoms with Gasteiger partial charge in [-0.2, -0.15) is 0 Å². The molecule has 5 nitrogen and oxygen atoms in total. The molecule has 6 heteroatoms. The van der Waals surface area contributed by atoms with Crippen LogP contribution in [0.1, 0.15) is 22.8 Å². The Morgan fingerprint density at radius 1 is 1.45 bits per heavy atom. The zero-order chi connectivity index (χ0) is 15.0. The summed E-state index contributed by atoms with van der Waals surface area (Å²) in [6.45, 7) is 2.48. The van der Waals surface area contributed by atoms with Crippen LogP contribution in [-0.2, 0) is 15.2 Å². The van der Waals surface area contributed by atoms with Gasteiger partial charge in [-0.3, -0.25) is 4.99 Å². The first-order chi connectivity index (χ1) is 9.56. The predicted molar refractivity (Wildman–Crippen MR) is 82.0 cm³/mol. The average Bonchev–Trinajstić information content (AvgIpc) is 2.44. The van der Waals surface area contributed by atoms with Crippen molar-refractivity contribution in [3.8, 4) is 0 Å². The number of aliphatic imine (C=N–C) groups is 1. The number of esters is 1. The molecule has 0 bridgehead atoms. The van der Waals surface area contributed by atoms with Gasteiger partial charge in [-0.15, -0.1) is 0 Å². The van der Waals surface area contributed by atoms with Gasteiger partial charge in [0.1, 0.15) is 0 Å². The van der Waals surface area contributed by atoms with Crippen LogP contribution in [0.2, 0.25) is 0 Å². The third kappa shape index (κ3) is 5.63. The summed E-state index contributed by atoms with van der Waals surface area (Å²) in [5.41, 5.74) is 7.37. The van der Waals surface area contributed by atoms with Crippen molar-refractivity contribution in [3.63, 3.8) is 0 Å². The number of thioether (sulfide) groups is 1. The highest BCUT2D eigenvalue weighted by Gasteiger charge is 2.06. The van der Waals surface area contributed by atoms with E-state index in [0.29, 0.717) is 23.1 Å². The quantitative estimate of drug-likeness (QED) is 0.494. The number of ether oxygens (including phenoxy) is 2. The fourth-order valence-electron chi connectivity index (χ4n) is 1.60. The van der Waals surface area contributed by atoms with E-state index >= 15 is 0 Å². The molecule has 0 heterocycles. The number of benzene rings is 1. The minimum atomic E-state index is -0.341. The summed E-state index contributed by atoms with van der Waals surface area (Å²) in [5, 5.41) is 0.512. The minimum Gasteiger partial charge on any atom is -0.465 e. The van der Waals surface area contributed by atoms with E-state index in [1.807, 2.05) is 19.1 Å². The summed E-state index contributed by atoms with van der Waals surface area (Å²) >= 11 is 1.43. The van der Waals surface area contributed by atoms with Crippen LogP contribution in [0, 0.1) is 0 Å². The average molecular weight is 296 g/mol. The summed E-state index contributed by atoms with van der Waals surface area (Å²) in [7, 11) is 3.00. The second-order valence-corrected chi connectivity index (χ2v) is 5.25. The highest BCUT2D eigenvalue weighted by Crippen LogP contribution is 2.15. The number of amidine groups is 1. The van der Waals surface area contributed by atoms with E-state index in [1.165, 1.54) is 18.9 Å². The Morgan fingerprint density at radius 2 is 2.20 bits per heavy atom. The van der Waals surface area contributed by atoms with Crippen molar-refractivity contribution in [2.24, 2.45) is 10.7 Å². The van der Waals surface area contributed by atoms with Crippen LogP contribution in [0.15, 0.2) is 29.3 Å². The Balaban J connectivity index is 2.59. The molecule has 2 N–H and O–H groups in total. The molecule has 0 aliphatic carbocycles. The molecule has 0 aliphatic heterocycles. The molecule has 110 valence electrons. The SMILES string of the molecule is COC[C@@H](C)N=C(N)SCc1cccc(C(=O)OC)c1. The molecule has 0 amide bonds. The van der Waals surface area contributed by atoms with E-state index in [1.54, 1.807) is 19.2 Å². The van der Waals surface area contributed by atoms with Gasteiger partial charge in [0, 0.05) is 12.9 Å². The van der Waals surface area contributed by atoms with Gasteiger partial charge in [0.2, 0.25) is 0 Å². The molecule has 0 saturated carbocycles. The van der Waals surface area contributed by atoms with Gasteiger partial charge in [0.25, 0.3) is 0 Å². The first-order valence-corrected chi connectivity index (χ1v) is 7.17. The fourth-order valence-corrected chi connectivity index (χ4v) is 2.34. The standard InChI is InChI=1S/C14H20N2O3S/c1-10(8-18-2)16-14(15)20-9-11-5-4-6-12(7-11)13(17)19-3/h4-7,10H,8-9H2,1-3H3,(H2,15,16)/t10-/m1/s1. The van der Waals surface area contributed by atoms with Crippen molar-refractivity contribution in [2.45, 2.75) is 18.7 Å². The molecule has 1 atom stereocenters. The first-order valence-electron chi connectivity index (χ1n) is 6.19. The number of hydrogen-bond acceptors (Lipinski definition) is 5. The van der Waals surface area contributed by atoms with Gasteiger partial charge in [-0.1, -0.05) is 23.9 Å². The highest BCUT2D eigenvalue weighted by atomic mass is 32.2. The molecule has 0 radical (unpaired) electrons. The van der Waals surface area contributed by atoms with Crippen molar-refractivity contribution >= 4 is 22.9 Å². The number of nitrogens with two attached hydrogens (primary N) is 1. The summed E-state index contributed by atoms with van der Waals surface area (Å²) in [5.74, 6) is 0.312. The van der Waals surface area contributed by atoms with Gasteiger partial charge in [0.15, 0.2) is 5.17 Å². The molecular weight excluding hydrogens is 276 g/mol. The Kier molecular flexibility index (Phi) is 7.11. The van der Waals surface area contributed by atoms with Crippen LogP contribution in [0.25, 0.3) is 0 Å². The monoisotopic (exact) mass is 296 g/mol. The smallest absolute Gasteiger partial charge is 0.337 e. The lowest BCUT2D eigenvalue weighted by molar-refractivity contribution is 0.0600. The lowest BCUT2D eigenvalue weighted by Crippen LogP contribution is -2.15. The molecule has 20 heavy (non-hydrogen) atoms. The van der Waals surface area contributed by atoms with Gasteiger partial charge >= 0.3 is 5.97 Å². The maximum atomic E-state index is 11.4. The number of hydrogen-bond donors (Lipinski definition) is 1. The summed E-state index contributed by atoms with van der Waals surface area (Å²) in [4.78, 5) is 15.7. The van der Waals surface area contributed by atoms with Crippen molar-refractivity contribution in [2.75, 3.05) is 20.8 Å². The predicted octanol–water partition coefficient (Wildman–Crippen LogP) is 2.06. The van der Waals surface area contributed by atoms with E-state index in [0.717, 1.165) is 5.56 Å². The minimum absolute atomic E-state index is 0.0360. The summed E-state index contributed by atoms with van der Waals surface area (Å²) < 4.78 is 9.69. The van der Waals surface area contributed by atoms with Gasteiger partial charge in [-0.05, 0) is 24.6 Å². The molecule has 1 aromatic carbocycles. The number of methoxy groups -OCH3 is 2. The van der Waals surface area contributed by atoms with Crippen LogP contribution in [-0.4, -0.2) is 38.0 Å². The van der Waals surface area contributed by atoms with Gasteiger partial charge in [-0.25, -0.2) is 4.79 Å². The maximum absolute atomic E-state index is 11.4. The summed E-state index contributed by atoms with van der Waals surface area (Å²) in [6, 6.07) is 7.31.